The maximum absolute atomic E-state index is 12.5. The predicted octanol–water partition coefficient (Wildman–Crippen LogP) is 1.93. The highest BCUT2D eigenvalue weighted by atomic mass is 32.2. The fourth-order valence-corrected chi connectivity index (χ4v) is 4.46. The van der Waals surface area contributed by atoms with Crippen molar-refractivity contribution in [2.45, 2.75) is 18.0 Å². The Morgan fingerprint density at radius 1 is 1.50 bits per heavy atom. The van der Waals surface area contributed by atoms with Gasteiger partial charge in [-0.2, -0.15) is 5.26 Å². The van der Waals surface area contributed by atoms with Gasteiger partial charge in [-0.25, -0.2) is 4.98 Å². The molecule has 1 aliphatic carbocycles. The lowest BCUT2D eigenvalue weighted by Gasteiger charge is -2.24. The lowest BCUT2D eigenvalue weighted by molar-refractivity contribution is 0.0940. The number of hydrogen-bond acceptors (Lipinski definition) is 7. The number of aromatic nitrogens is 1. The van der Waals surface area contributed by atoms with E-state index in [1.165, 1.54) is 0 Å². The highest BCUT2D eigenvalue weighted by Gasteiger charge is 2.29. The lowest BCUT2D eigenvalue weighted by atomic mass is 10.2. The molecule has 142 valence electrons. The number of pyridine rings is 1. The van der Waals surface area contributed by atoms with Crippen LogP contribution in [0, 0.1) is 11.3 Å². The Morgan fingerprint density at radius 2 is 2.39 bits per heavy atom. The van der Waals surface area contributed by atoms with E-state index in [9.17, 15) is 10.1 Å². The Balaban J connectivity index is 1.46. The van der Waals surface area contributed by atoms with Crippen LogP contribution in [0.1, 0.15) is 16.8 Å². The summed E-state index contributed by atoms with van der Waals surface area (Å²) in [5.74, 6) is 0.540. The summed E-state index contributed by atoms with van der Waals surface area (Å²) in [6.45, 7) is 1.74. The molecular weight excluding hydrogens is 372 g/mol. The standard InChI is InChI=1S/C20H20N6OS/c1-26-16-4-2-3-13(11-21)9-17(16)28-20(26)25-18-10-14(5-8-23-18)19(27)24-15-6-7-22-12-15/h3-5,8-10,15,20,22H,6-7,12H2,1H3,(H,23,25)(H,24,27)/t15-,20?/m0/s1. The maximum atomic E-state index is 12.5. The molecule has 1 saturated heterocycles. The molecule has 3 heterocycles. The highest BCUT2D eigenvalue weighted by molar-refractivity contribution is 8.04. The second kappa shape index (κ2) is 7.95. The van der Waals surface area contributed by atoms with Crippen molar-refractivity contribution in [3.63, 3.8) is 0 Å². The van der Waals surface area contributed by atoms with E-state index in [2.05, 4.69) is 37.6 Å². The minimum absolute atomic E-state index is 0.0878. The molecular formula is C20H20N6OS. The lowest BCUT2D eigenvalue weighted by Crippen LogP contribution is -2.36. The number of thioether (sulfide) groups is 1. The minimum Gasteiger partial charge on any atom is -0.348 e. The summed E-state index contributed by atoms with van der Waals surface area (Å²) in [4.78, 5) is 19.9. The molecule has 1 amide bonds. The average Bonchev–Trinajstić information content (AvgIpc) is 3.24. The fourth-order valence-electron chi connectivity index (χ4n) is 3.25. The van der Waals surface area contributed by atoms with Gasteiger partial charge in [-0.05, 0) is 37.3 Å². The number of amides is 1. The summed E-state index contributed by atoms with van der Waals surface area (Å²) in [5.41, 5.74) is 5.09. The molecule has 2 aliphatic heterocycles. The Labute approximate surface area is 167 Å². The third-order valence-corrected chi connectivity index (χ3v) is 6.02. The number of allylic oxidation sites excluding steroid dienone is 3. The Bertz CT molecular complexity index is 963. The van der Waals surface area contributed by atoms with E-state index in [0.29, 0.717) is 17.0 Å². The number of nitrogens with one attached hydrogen (secondary N) is 3. The first kappa shape index (κ1) is 18.4. The molecule has 28 heavy (non-hydrogen) atoms. The maximum Gasteiger partial charge on any atom is 0.251 e. The summed E-state index contributed by atoms with van der Waals surface area (Å²) in [6, 6.07) is 5.82. The number of likely N-dealkylation sites (N-methyl/N-ethyl adjacent to an activating group) is 1. The van der Waals surface area contributed by atoms with Crippen LogP contribution in [0.2, 0.25) is 0 Å². The summed E-state index contributed by atoms with van der Waals surface area (Å²) < 4.78 is 0. The van der Waals surface area contributed by atoms with Gasteiger partial charge in [-0.1, -0.05) is 11.8 Å². The molecule has 3 N–H and O–H groups in total. The summed E-state index contributed by atoms with van der Waals surface area (Å²) in [5, 5.41) is 18.8. The first-order chi connectivity index (χ1) is 13.6. The normalized spacial score (nSPS) is 23.1. The van der Waals surface area contributed by atoms with Gasteiger partial charge in [0, 0.05) is 42.4 Å². The zero-order valence-electron chi connectivity index (χ0n) is 15.4. The molecule has 4 rings (SSSR count). The van der Waals surface area contributed by atoms with Gasteiger partial charge in [0.25, 0.3) is 5.91 Å². The molecule has 0 radical (unpaired) electrons. The third-order valence-electron chi connectivity index (χ3n) is 4.79. The number of nitriles is 1. The number of carbonyl (C=O) groups excluding carboxylic acids is 1. The molecule has 0 bridgehead atoms. The van der Waals surface area contributed by atoms with Crippen LogP contribution in [0.25, 0.3) is 0 Å². The molecule has 7 nitrogen and oxygen atoms in total. The Kier molecular flexibility index (Phi) is 5.22. The predicted molar refractivity (Wildman–Crippen MR) is 109 cm³/mol. The van der Waals surface area contributed by atoms with Crippen molar-refractivity contribution in [2.75, 3.05) is 25.5 Å². The molecule has 0 spiro atoms. The smallest absolute Gasteiger partial charge is 0.251 e. The molecule has 0 aromatic carbocycles. The van der Waals surface area contributed by atoms with Gasteiger partial charge in [0.2, 0.25) is 0 Å². The van der Waals surface area contributed by atoms with Gasteiger partial charge in [0.05, 0.1) is 17.3 Å². The summed E-state index contributed by atoms with van der Waals surface area (Å²) in [6.07, 6.45) is 8.00. The van der Waals surface area contributed by atoms with Crippen molar-refractivity contribution in [3.8, 4) is 6.07 Å². The Morgan fingerprint density at radius 3 is 3.18 bits per heavy atom. The van der Waals surface area contributed by atoms with E-state index in [1.807, 2.05) is 19.2 Å². The number of anilines is 1. The van der Waals surface area contributed by atoms with E-state index >= 15 is 0 Å². The van der Waals surface area contributed by atoms with E-state index in [0.717, 1.165) is 30.1 Å². The van der Waals surface area contributed by atoms with Crippen molar-refractivity contribution in [2.24, 2.45) is 0 Å². The molecule has 1 aromatic rings. The molecule has 1 aromatic heterocycles. The van der Waals surface area contributed by atoms with E-state index in [1.54, 1.807) is 36.2 Å². The number of carbonyl (C=O) groups is 1. The molecule has 2 atom stereocenters. The van der Waals surface area contributed by atoms with Crippen LogP contribution in [0.4, 0.5) is 5.82 Å². The van der Waals surface area contributed by atoms with Crippen LogP contribution in [0.15, 0.2) is 58.5 Å². The number of hydrogen-bond donors (Lipinski definition) is 3. The SMILES string of the molecule is CN1C2=C(C=C(C#N)C=C=C2)SC1Nc1cc(C(=O)N[C@H]2CCNC2)ccn1. The molecule has 3 aliphatic rings. The van der Waals surface area contributed by atoms with Gasteiger partial charge in [-0.15, -0.1) is 5.73 Å². The largest absolute Gasteiger partial charge is 0.348 e. The van der Waals surface area contributed by atoms with Gasteiger partial charge in [0.15, 0.2) is 5.50 Å². The third kappa shape index (κ3) is 3.82. The van der Waals surface area contributed by atoms with Crippen molar-refractivity contribution in [1.82, 2.24) is 20.5 Å². The topological polar surface area (TPSA) is 93.1 Å². The van der Waals surface area contributed by atoms with Crippen LogP contribution in [0.5, 0.6) is 0 Å². The van der Waals surface area contributed by atoms with E-state index in [-0.39, 0.29) is 17.4 Å². The second-order valence-corrected chi connectivity index (χ2v) is 7.86. The first-order valence-corrected chi connectivity index (χ1v) is 9.94. The van der Waals surface area contributed by atoms with Crippen LogP contribution in [-0.2, 0) is 0 Å². The van der Waals surface area contributed by atoms with Gasteiger partial charge < -0.3 is 20.9 Å². The first-order valence-electron chi connectivity index (χ1n) is 9.06. The van der Waals surface area contributed by atoms with Gasteiger partial charge in [-0.3, -0.25) is 4.79 Å². The van der Waals surface area contributed by atoms with Gasteiger partial charge >= 0.3 is 0 Å². The second-order valence-electron chi connectivity index (χ2n) is 6.73. The van der Waals surface area contributed by atoms with Gasteiger partial charge in [0.1, 0.15) is 5.82 Å². The number of rotatable bonds is 4. The summed E-state index contributed by atoms with van der Waals surface area (Å²) >= 11 is 1.60. The Hall–Kier alpha value is -2.98. The van der Waals surface area contributed by atoms with Crippen molar-refractivity contribution in [3.05, 3.63) is 64.0 Å². The van der Waals surface area contributed by atoms with E-state index < -0.39 is 0 Å². The van der Waals surface area contributed by atoms with Crippen LogP contribution >= 0.6 is 11.8 Å². The van der Waals surface area contributed by atoms with Crippen LogP contribution < -0.4 is 16.0 Å². The van der Waals surface area contributed by atoms with Crippen LogP contribution in [0.3, 0.4) is 0 Å². The minimum atomic E-state index is -0.0952. The molecule has 1 fully saturated rings. The monoisotopic (exact) mass is 392 g/mol. The zero-order chi connectivity index (χ0) is 19.5. The quantitative estimate of drug-likeness (QED) is 0.674. The highest BCUT2D eigenvalue weighted by Crippen LogP contribution is 2.39. The zero-order valence-corrected chi connectivity index (χ0v) is 16.2. The van der Waals surface area contributed by atoms with Crippen molar-refractivity contribution >= 4 is 23.5 Å². The van der Waals surface area contributed by atoms with Crippen molar-refractivity contribution in [1.29, 1.82) is 5.26 Å². The fraction of sp³-hybridized carbons (Fsp3) is 0.300. The van der Waals surface area contributed by atoms with Crippen LogP contribution in [-0.4, -0.2) is 47.5 Å². The molecule has 1 unspecified atom stereocenters. The van der Waals surface area contributed by atoms with E-state index in [4.69, 9.17) is 0 Å². The average molecular weight is 392 g/mol. The number of nitrogens with zero attached hydrogens (tertiary/aromatic N) is 3. The van der Waals surface area contributed by atoms with Crippen molar-refractivity contribution < 1.29 is 4.79 Å². The molecule has 0 saturated carbocycles. The molecule has 8 heteroatoms. The summed E-state index contributed by atoms with van der Waals surface area (Å²) in [7, 11) is 1.97.